The van der Waals surface area contributed by atoms with Crippen LogP contribution in [0.15, 0.2) is 0 Å². The predicted molar refractivity (Wildman–Crippen MR) is 73.1 cm³/mol. The Hall–Kier alpha value is -0.240. The summed E-state index contributed by atoms with van der Waals surface area (Å²) in [6, 6.07) is 0. The summed E-state index contributed by atoms with van der Waals surface area (Å²) >= 11 is 0. The molecule has 1 heterocycles. The number of hydrogen-bond acceptors (Lipinski definition) is 6. The molecule has 1 aliphatic rings. The molecule has 20 heavy (non-hydrogen) atoms. The summed E-state index contributed by atoms with van der Waals surface area (Å²) in [6.07, 6.45) is 2.10. The second kappa shape index (κ2) is 8.26. The summed E-state index contributed by atoms with van der Waals surface area (Å²) in [6.45, 7) is 0.171. The van der Waals surface area contributed by atoms with Gasteiger partial charge in [-0.2, -0.15) is 0 Å². The summed E-state index contributed by atoms with van der Waals surface area (Å²) in [7, 11) is 0. The Morgan fingerprint density at radius 3 is 1.65 bits per heavy atom. The molecule has 120 valence electrons. The highest BCUT2D eigenvalue weighted by molar-refractivity contribution is 5.07. The van der Waals surface area contributed by atoms with Gasteiger partial charge in [-0.15, -0.1) is 0 Å². The molecule has 1 atom stereocenters. The summed E-state index contributed by atoms with van der Waals surface area (Å²) in [5.74, 6) is 0.00454. The first-order valence-electron chi connectivity index (χ1n) is 7.34. The maximum absolute atomic E-state index is 9.45. The Balaban J connectivity index is 3.16. The van der Waals surface area contributed by atoms with Gasteiger partial charge < -0.3 is 30.3 Å². The summed E-state index contributed by atoms with van der Waals surface area (Å²) in [4.78, 5) is 0. The van der Waals surface area contributed by atoms with Crippen LogP contribution < -0.4 is 0 Å². The van der Waals surface area contributed by atoms with E-state index in [0.717, 1.165) is 0 Å². The Morgan fingerprint density at radius 1 is 0.750 bits per heavy atom. The lowest BCUT2D eigenvalue weighted by Gasteiger charge is -2.47. The highest BCUT2D eigenvalue weighted by Gasteiger charge is 2.59. The fourth-order valence-electron chi connectivity index (χ4n) is 3.97. The number of hydrogen-bond donors (Lipinski definition) is 5. The van der Waals surface area contributed by atoms with Crippen LogP contribution in [-0.2, 0) is 4.74 Å². The highest BCUT2D eigenvalue weighted by atomic mass is 16.5. The second-order valence-corrected chi connectivity index (χ2v) is 5.57. The fourth-order valence-corrected chi connectivity index (χ4v) is 3.97. The van der Waals surface area contributed by atoms with E-state index in [1.807, 2.05) is 0 Å². The standard InChI is InChI=1S/C14H28O6/c15-6-1-12-11-20-14(4-9-18,5-10-19)13(12,2-7-16)3-8-17/h12,15-19H,1-11H2. The Labute approximate surface area is 120 Å². The average Bonchev–Trinajstić information content (AvgIpc) is 2.68. The molecule has 1 fully saturated rings. The molecule has 0 aromatic heterocycles. The number of aliphatic hydroxyl groups is 5. The van der Waals surface area contributed by atoms with Crippen molar-refractivity contribution in [1.82, 2.24) is 0 Å². The van der Waals surface area contributed by atoms with Crippen LogP contribution in [0, 0.1) is 11.3 Å². The van der Waals surface area contributed by atoms with Crippen molar-refractivity contribution in [2.45, 2.75) is 37.7 Å². The topological polar surface area (TPSA) is 110 Å². The zero-order valence-electron chi connectivity index (χ0n) is 12.0. The molecule has 0 saturated carbocycles. The first-order valence-corrected chi connectivity index (χ1v) is 7.34. The number of ether oxygens (including phenoxy) is 1. The van der Waals surface area contributed by atoms with Crippen molar-refractivity contribution in [3.63, 3.8) is 0 Å². The number of aliphatic hydroxyl groups excluding tert-OH is 5. The molecule has 1 saturated heterocycles. The van der Waals surface area contributed by atoms with Crippen LogP contribution in [0.4, 0.5) is 0 Å². The van der Waals surface area contributed by atoms with Gasteiger partial charge in [0.25, 0.3) is 0 Å². The molecule has 0 aliphatic carbocycles. The molecule has 1 rings (SSSR count). The van der Waals surface area contributed by atoms with Gasteiger partial charge >= 0.3 is 0 Å². The van der Waals surface area contributed by atoms with E-state index in [2.05, 4.69) is 0 Å². The van der Waals surface area contributed by atoms with E-state index in [4.69, 9.17) is 4.74 Å². The van der Waals surface area contributed by atoms with Crippen LogP contribution in [0.1, 0.15) is 32.1 Å². The van der Waals surface area contributed by atoms with Crippen LogP contribution in [0.2, 0.25) is 0 Å². The van der Waals surface area contributed by atoms with Crippen LogP contribution >= 0.6 is 0 Å². The lowest BCUT2D eigenvalue weighted by molar-refractivity contribution is -0.110. The largest absolute Gasteiger partial charge is 0.396 e. The Bertz CT molecular complexity index is 258. The molecule has 1 unspecified atom stereocenters. The molecule has 0 aromatic carbocycles. The molecule has 6 nitrogen and oxygen atoms in total. The van der Waals surface area contributed by atoms with Gasteiger partial charge in [0.1, 0.15) is 0 Å². The quantitative estimate of drug-likeness (QED) is 0.363. The van der Waals surface area contributed by atoms with E-state index in [1.54, 1.807) is 0 Å². The summed E-state index contributed by atoms with van der Waals surface area (Å²) in [5.41, 5.74) is -1.27. The van der Waals surface area contributed by atoms with Gasteiger partial charge in [-0.25, -0.2) is 0 Å². The van der Waals surface area contributed by atoms with E-state index in [1.165, 1.54) is 0 Å². The zero-order chi connectivity index (χ0) is 15.1. The van der Waals surface area contributed by atoms with Gasteiger partial charge in [-0.05, 0) is 25.2 Å². The second-order valence-electron chi connectivity index (χ2n) is 5.57. The van der Waals surface area contributed by atoms with Crippen molar-refractivity contribution in [1.29, 1.82) is 0 Å². The molecule has 0 amide bonds. The van der Waals surface area contributed by atoms with E-state index in [-0.39, 0.29) is 39.0 Å². The van der Waals surface area contributed by atoms with Crippen LogP contribution in [0.5, 0.6) is 0 Å². The summed E-state index contributed by atoms with van der Waals surface area (Å²) < 4.78 is 5.95. The molecule has 0 spiro atoms. The fraction of sp³-hybridized carbons (Fsp3) is 1.00. The molecule has 0 aromatic rings. The van der Waals surface area contributed by atoms with Crippen molar-refractivity contribution in [3.05, 3.63) is 0 Å². The minimum atomic E-state index is -0.748. The van der Waals surface area contributed by atoms with Crippen molar-refractivity contribution in [2.24, 2.45) is 11.3 Å². The third kappa shape index (κ3) is 3.16. The third-order valence-electron chi connectivity index (χ3n) is 4.87. The third-order valence-corrected chi connectivity index (χ3v) is 4.87. The van der Waals surface area contributed by atoms with Crippen LogP contribution in [0.25, 0.3) is 0 Å². The minimum absolute atomic E-state index is 0.00454. The molecule has 6 heteroatoms. The smallest absolute Gasteiger partial charge is 0.0787 e. The van der Waals surface area contributed by atoms with Gasteiger partial charge in [0, 0.05) is 51.3 Å². The SMILES string of the molecule is OCCC1COC(CCO)(CCO)C1(CCO)CCO. The Morgan fingerprint density at radius 2 is 1.25 bits per heavy atom. The van der Waals surface area contributed by atoms with Crippen molar-refractivity contribution in [3.8, 4) is 0 Å². The van der Waals surface area contributed by atoms with Gasteiger partial charge in [-0.1, -0.05) is 0 Å². The average molecular weight is 292 g/mol. The molecule has 5 N–H and O–H groups in total. The van der Waals surface area contributed by atoms with Crippen LogP contribution in [-0.4, -0.2) is 70.8 Å². The molecular formula is C14H28O6. The molecule has 0 radical (unpaired) electrons. The van der Waals surface area contributed by atoms with Crippen molar-refractivity contribution < 1.29 is 30.3 Å². The maximum Gasteiger partial charge on any atom is 0.0787 e. The number of rotatable bonds is 10. The monoisotopic (exact) mass is 292 g/mol. The Kier molecular flexibility index (Phi) is 7.36. The normalized spacial score (nSPS) is 24.1. The highest BCUT2D eigenvalue weighted by Crippen LogP contribution is 2.56. The maximum atomic E-state index is 9.45. The first kappa shape index (κ1) is 17.8. The van der Waals surface area contributed by atoms with E-state index in [9.17, 15) is 25.5 Å². The van der Waals surface area contributed by atoms with Crippen LogP contribution in [0.3, 0.4) is 0 Å². The van der Waals surface area contributed by atoms with Crippen molar-refractivity contribution in [2.75, 3.05) is 39.6 Å². The van der Waals surface area contributed by atoms with E-state index in [0.29, 0.717) is 38.7 Å². The van der Waals surface area contributed by atoms with E-state index >= 15 is 0 Å². The van der Waals surface area contributed by atoms with Gasteiger partial charge in [0.05, 0.1) is 12.2 Å². The molecule has 1 aliphatic heterocycles. The van der Waals surface area contributed by atoms with Gasteiger partial charge in [0.15, 0.2) is 0 Å². The van der Waals surface area contributed by atoms with Gasteiger partial charge in [-0.3, -0.25) is 0 Å². The van der Waals surface area contributed by atoms with Crippen molar-refractivity contribution >= 4 is 0 Å². The predicted octanol–water partition coefficient (Wildman–Crippen LogP) is -0.730. The van der Waals surface area contributed by atoms with E-state index < -0.39 is 11.0 Å². The zero-order valence-corrected chi connectivity index (χ0v) is 12.0. The lowest BCUT2D eigenvalue weighted by atomic mass is 9.59. The van der Waals surface area contributed by atoms with Gasteiger partial charge in [0.2, 0.25) is 0 Å². The molecular weight excluding hydrogens is 264 g/mol. The lowest BCUT2D eigenvalue weighted by Crippen LogP contribution is -2.50. The first-order chi connectivity index (χ1) is 9.66. The molecule has 0 bridgehead atoms. The summed E-state index contributed by atoms with van der Waals surface area (Å²) in [5, 5.41) is 46.9. The minimum Gasteiger partial charge on any atom is -0.396 e.